The number of ether oxygens (including phenoxy) is 1. The number of hydrogen-bond acceptors (Lipinski definition) is 4. The molecule has 4 nitrogen and oxygen atoms in total. The molecule has 18 heavy (non-hydrogen) atoms. The molecule has 1 aromatic carbocycles. The summed E-state index contributed by atoms with van der Waals surface area (Å²) in [6.07, 6.45) is 0.233. The van der Waals surface area contributed by atoms with Crippen molar-refractivity contribution in [1.82, 2.24) is 0 Å². The van der Waals surface area contributed by atoms with E-state index in [1.165, 1.54) is 0 Å². The van der Waals surface area contributed by atoms with Crippen molar-refractivity contribution in [3.8, 4) is 5.75 Å². The molecular formula is C13H20O4S. The lowest BCUT2D eigenvalue weighted by atomic mass is 10.1. The highest BCUT2D eigenvalue weighted by atomic mass is 32.2. The number of rotatable bonds is 7. The standard InChI is InChI=1S/C13H20O4S/c1-3-18(15,16)9-8-17-13-6-4-12(5-7-13)10-11(2)14/h4-7,11,14H,3,8-10H2,1-2H3. The minimum atomic E-state index is -2.97. The van der Waals surface area contributed by atoms with E-state index in [0.717, 1.165) is 5.56 Å². The van der Waals surface area contributed by atoms with E-state index in [1.54, 1.807) is 26.0 Å². The van der Waals surface area contributed by atoms with E-state index < -0.39 is 9.84 Å². The maximum Gasteiger partial charge on any atom is 0.153 e. The molecule has 1 atom stereocenters. The van der Waals surface area contributed by atoms with Gasteiger partial charge in [0.05, 0.1) is 11.9 Å². The molecule has 0 bridgehead atoms. The highest BCUT2D eigenvalue weighted by Gasteiger charge is 2.07. The van der Waals surface area contributed by atoms with Crippen LogP contribution in [-0.4, -0.2) is 37.7 Å². The molecule has 0 aliphatic heterocycles. The van der Waals surface area contributed by atoms with Gasteiger partial charge in [0.25, 0.3) is 0 Å². The molecule has 0 aromatic heterocycles. The van der Waals surface area contributed by atoms with Crippen LogP contribution < -0.4 is 4.74 Å². The fraction of sp³-hybridized carbons (Fsp3) is 0.538. The van der Waals surface area contributed by atoms with E-state index in [1.807, 2.05) is 12.1 Å². The fourth-order valence-corrected chi connectivity index (χ4v) is 2.12. The topological polar surface area (TPSA) is 63.6 Å². The molecule has 1 aromatic rings. The minimum absolute atomic E-state index is 0.0406. The van der Waals surface area contributed by atoms with Crippen LogP contribution in [0.3, 0.4) is 0 Å². The van der Waals surface area contributed by atoms with Gasteiger partial charge in [-0.25, -0.2) is 8.42 Å². The molecule has 0 amide bonds. The van der Waals surface area contributed by atoms with Crippen LogP contribution in [0.4, 0.5) is 0 Å². The number of aliphatic hydroxyl groups is 1. The van der Waals surface area contributed by atoms with E-state index >= 15 is 0 Å². The highest BCUT2D eigenvalue weighted by Crippen LogP contribution is 2.13. The number of hydrogen-bond donors (Lipinski definition) is 1. The summed E-state index contributed by atoms with van der Waals surface area (Å²) < 4.78 is 27.9. The number of sulfone groups is 1. The van der Waals surface area contributed by atoms with Crippen LogP contribution in [0.15, 0.2) is 24.3 Å². The smallest absolute Gasteiger partial charge is 0.153 e. The summed E-state index contributed by atoms with van der Waals surface area (Å²) >= 11 is 0. The molecule has 0 aliphatic rings. The average molecular weight is 272 g/mol. The SMILES string of the molecule is CCS(=O)(=O)CCOc1ccc(CC(C)O)cc1. The lowest BCUT2D eigenvalue weighted by Gasteiger charge is -2.08. The summed E-state index contributed by atoms with van der Waals surface area (Å²) in [5.41, 5.74) is 1.03. The van der Waals surface area contributed by atoms with Crippen molar-refractivity contribution in [2.24, 2.45) is 0 Å². The van der Waals surface area contributed by atoms with Gasteiger partial charge in [0.2, 0.25) is 0 Å². The number of benzene rings is 1. The normalized spacial score (nSPS) is 13.3. The average Bonchev–Trinajstić information content (AvgIpc) is 2.30. The Labute approximate surface area is 109 Å². The third-order valence-electron chi connectivity index (χ3n) is 2.56. The maximum atomic E-state index is 11.3. The molecule has 5 heteroatoms. The zero-order valence-corrected chi connectivity index (χ0v) is 11.6. The minimum Gasteiger partial charge on any atom is -0.493 e. The van der Waals surface area contributed by atoms with Crippen LogP contribution in [0, 0.1) is 0 Å². The molecule has 0 fully saturated rings. The van der Waals surface area contributed by atoms with Crippen molar-refractivity contribution in [1.29, 1.82) is 0 Å². The summed E-state index contributed by atoms with van der Waals surface area (Å²) in [6, 6.07) is 7.32. The van der Waals surface area contributed by atoms with Gasteiger partial charge in [-0.05, 0) is 31.0 Å². The van der Waals surface area contributed by atoms with Crippen LogP contribution in [-0.2, 0) is 16.3 Å². The molecule has 1 N–H and O–H groups in total. The maximum absolute atomic E-state index is 11.3. The summed E-state index contributed by atoms with van der Waals surface area (Å²) in [5, 5.41) is 9.24. The van der Waals surface area contributed by atoms with Gasteiger partial charge in [0, 0.05) is 5.75 Å². The van der Waals surface area contributed by atoms with Gasteiger partial charge < -0.3 is 9.84 Å². The van der Waals surface area contributed by atoms with Crippen LogP contribution in [0.25, 0.3) is 0 Å². The first-order chi connectivity index (χ1) is 8.43. The summed E-state index contributed by atoms with van der Waals surface area (Å²) in [4.78, 5) is 0. The second kappa shape index (κ2) is 6.75. The summed E-state index contributed by atoms with van der Waals surface area (Å²) in [5.74, 6) is 0.832. The van der Waals surface area contributed by atoms with Crippen molar-refractivity contribution >= 4 is 9.84 Å². The molecule has 0 spiro atoms. The van der Waals surface area contributed by atoms with Gasteiger partial charge in [-0.15, -0.1) is 0 Å². The van der Waals surface area contributed by atoms with Crippen molar-refractivity contribution in [3.05, 3.63) is 29.8 Å². The first-order valence-electron chi connectivity index (χ1n) is 6.03. The largest absolute Gasteiger partial charge is 0.493 e. The van der Waals surface area contributed by atoms with E-state index in [9.17, 15) is 13.5 Å². The first-order valence-corrected chi connectivity index (χ1v) is 7.85. The van der Waals surface area contributed by atoms with E-state index in [0.29, 0.717) is 12.2 Å². The summed E-state index contributed by atoms with van der Waals surface area (Å²) in [6.45, 7) is 3.53. The predicted octanol–water partition coefficient (Wildman–Crippen LogP) is 1.42. The van der Waals surface area contributed by atoms with E-state index in [2.05, 4.69) is 0 Å². The Morgan fingerprint density at radius 3 is 2.39 bits per heavy atom. The van der Waals surface area contributed by atoms with Crippen LogP contribution in [0.2, 0.25) is 0 Å². The molecule has 0 aliphatic carbocycles. The molecular weight excluding hydrogens is 252 g/mol. The van der Waals surface area contributed by atoms with Gasteiger partial charge >= 0.3 is 0 Å². The Hall–Kier alpha value is -1.07. The van der Waals surface area contributed by atoms with Gasteiger partial charge in [-0.2, -0.15) is 0 Å². The Balaban J connectivity index is 2.44. The fourth-order valence-electron chi connectivity index (χ4n) is 1.49. The lowest BCUT2D eigenvalue weighted by molar-refractivity contribution is 0.195. The second-order valence-electron chi connectivity index (χ2n) is 4.28. The molecule has 1 unspecified atom stereocenters. The van der Waals surface area contributed by atoms with Crippen molar-refractivity contribution in [3.63, 3.8) is 0 Å². The van der Waals surface area contributed by atoms with Crippen molar-refractivity contribution in [2.75, 3.05) is 18.1 Å². The van der Waals surface area contributed by atoms with Gasteiger partial charge in [-0.1, -0.05) is 19.1 Å². The van der Waals surface area contributed by atoms with Gasteiger partial charge in [-0.3, -0.25) is 0 Å². The third-order valence-corrected chi connectivity index (χ3v) is 4.23. The predicted molar refractivity (Wildman–Crippen MR) is 71.6 cm³/mol. The van der Waals surface area contributed by atoms with Crippen molar-refractivity contribution in [2.45, 2.75) is 26.4 Å². The van der Waals surface area contributed by atoms with Gasteiger partial charge in [0.1, 0.15) is 12.4 Å². The quantitative estimate of drug-likeness (QED) is 0.815. The zero-order chi connectivity index (χ0) is 13.6. The molecule has 0 heterocycles. The number of aliphatic hydroxyl groups excluding tert-OH is 1. The molecule has 0 saturated heterocycles. The highest BCUT2D eigenvalue weighted by molar-refractivity contribution is 7.91. The first kappa shape index (κ1) is 15.0. The van der Waals surface area contributed by atoms with E-state index in [-0.39, 0.29) is 24.2 Å². The molecule has 102 valence electrons. The second-order valence-corrected chi connectivity index (χ2v) is 6.75. The Kier molecular flexibility index (Phi) is 5.62. The molecule has 0 saturated carbocycles. The van der Waals surface area contributed by atoms with Gasteiger partial charge in [0.15, 0.2) is 9.84 Å². The monoisotopic (exact) mass is 272 g/mol. The van der Waals surface area contributed by atoms with Crippen LogP contribution in [0.1, 0.15) is 19.4 Å². The summed E-state index contributed by atoms with van der Waals surface area (Å²) in [7, 11) is -2.97. The third kappa shape index (κ3) is 5.51. The Bertz CT molecular complexity index is 448. The molecule has 1 rings (SSSR count). The Morgan fingerprint density at radius 1 is 1.28 bits per heavy atom. The van der Waals surface area contributed by atoms with Crippen LogP contribution >= 0.6 is 0 Å². The lowest BCUT2D eigenvalue weighted by Crippen LogP contribution is -2.15. The van der Waals surface area contributed by atoms with Crippen molar-refractivity contribution < 1.29 is 18.3 Å². The zero-order valence-electron chi connectivity index (χ0n) is 10.8. The Morgan fingerprint density at radius 2 is 1.89 bits per heavy atom. The van der Waals surface area contributed by atoms with Crippen LogP contribution in [0.5, 0.6) is 5.75 Å². The van der Waals surface area contributed by atoms with E-state index in [4.69, 9.17) is 4.74 Å². The molecule has 0 radical (unpaired) electrons.